The second-order valence-corrected chi connectivity index (χ2v) is 12.5. The highest BCUT2D eigenvalue weighted by Gasteiger charge is 2.47. The molecule has 1 aromatic carbocycles. The van der Waals surface area contributed by atoms with Gasteiger partial charge in [-0.25, -0.2) is 0 Å². The molecule has 4 atom stereocenters. The first-order chi connectivity index (χ1) is 16.9. The number of fused-ring (bicyclic) bond motifs is 1. The van der Waals surface area contributed by atoms with Crippen LogP contribution in [0.25, 0.3) is 0 Å². The summed E-state index contributed by atoms with van der Waals surface area (Å²) in [5.41, 5.74) is 2.02. The van der Waals surface area contributed by atoms with Crippen LogP contribution in [-0.4, -0.2) is 59.8 Å². The van der Waals surface area contributed by atoms with E-state index in [4.69, 9.17) is 9.47 Å². The lowest BCUT2D eigenvalue weighted by molar-refractivity contribution is -0.167. The van der Waals surface area contributed by atoms with E-state index in [1.165, 1.54) is 19.4 Å². The Kier molecular flexibility index (Phi) is 9.42. The summed E-state index contributed by atoms with van der Waals surface area (Å²) in [5.74, 6) is -1.24. The number of rotatable bonds is 9. The van der Waals surface area contributed by atoms with Gasteiger partial charge in [-0.3, -0.25) is 14.1 Å². The van der Waals surface area contributed by atoms with Crippen LogP contribution in [0.4, 0.5) is 0 Å². The standard InChI is InChI=1S/C25H39B3O7S/c1-25(2,14-36(31,32)33)35-24(30)21-8-4-5-18-19(21)6-3-7-20(18)23(29)34-22-16(12-27)9-15(11-26)10-17(22)13-28/h9-10,18-21H,3-8,11-14,26-28H2,1-2H3,(H,31,32,33). The number of benzene rings is 1. The van der Waals surface area contributed by atoms with Gasteiger partial charge in [-0.2, -0.15) is 8.42 Å². The highest BCUT2D eigenvalue weighted by Crippen LogP contribution is 2.48. The summed E-state index contributed by atoms with van der Waals surface area (Å²) < 4.78 is 43.6. The second-order valence-electron chi connectivity index (χ2n) is 11.0. The molecule has 2 saturated carbocycles. The van der Waals surface area contributed by atoms with Crippen LogP contribution < -0.4 is 4.74 Å². The fourth-order valence-electron chi connectivity index (χ4n) is 6.27. The van der Waals surface area contributed by atoms with E-state index >= 15 is 0 Å². The number of carbonyl (C=O) groups excluding carboxylic acids is 2. The van der Waals surface area contributed by atoms with Crippen molar-refractivity contribution in [2.45, 2.75) is 76.9 Å². The third-order valence-corrected chi connectivity index (χ3v) is 8.94. The summed E-state index contributed by atoms with van der Waals surface area (Å²) >= 11 is 0. The average molecular weight is 516 g/mol. The topological polar surface area (TPSA) is 107 Å². The van der Waals surface area contributed by atoms with Crippen molar-refractivity contribution in [3.8, 4) is 5.75 Å². The van der Waals surface area contributed by atoms with Crippen LogP contribution in [0.5, 0.6) is 5.75 Å². The van der Waals surface area contributed by atoms with E-state index in [-0.39, 0.29) is 29.6 Å². The van der Waals surface area contributed by atoms with Crippen LogP contribution in [0.15, 0.2) is 12.1 Å². The van der Waals surface area contributed by atoms with Gasteiger partial charge in [-0.1, -0.05) is 49.5 Å². The van der Waals surface area contributed by atoms with Gasteiger partial charge >= 0.3 is 11.9 Å². The molecular weight excluding hydrogens is 477 g/mol. The van der Waals surface area contributed by atoms with Crippen molar-refractivity contribution in [2.24, 2.45) is 23.7 Å². The van der Waals surface area contributed by atoms with E-state index in [1.807, 2.05) is 0 Å². The maximum atomic E-state index is 13.5. The van der Waals surface area contributed by atoms with Crippen LogP contribution in [-0.2, 0) is 43.4 Å². The fraction of sp³-hybridized carbons (Fsp3) is 0.680. The van der Waals surface area contributed by atoms with Crippen molar-refractivity contribution < 1.29 is 32.0 Å². The van der Waals surface area contributed by atoms with Gasteiger partial charge in [0.25, 0.3) is 10.1 Å². The second kappa shape index (κ2) is 11.8. The summed E-state index contributed by atoms with van der Waals surface area (Å²) in [7, 11) is 1.98. The zero-order valence-corrected chi connectivity index (χ0v) is 23.2. The molecule has 0 amide bonds. The molecule has 3 rings (SSSR count). The largest absolute Gasteiger partial charge is 0.458 e. The lowest BCUT2D eigenvalue weighted by Crippen LogP contribution is -2.46. The minimum atomic E-state index is -4.29. The van der Waals surface area contributed by atoms with E-state index in [2.05, 4.69) is 35.7 Å². The summed E-state index contributed by atoms with van der Waals surface area (Å²) in [4.78, 5) is 26.7. The SMILES string of the molecule is BCc1cc(CB)c(OC(=O)C2CCCC3C(C(=O)OC(C)(C)CS(=O)(=O)O)CCCC23)c(CB)c1. The molecule has 7 nitrogen and oxygen atoms in total. The smallest absolute Gasteiger partial charge is 0.314 e. The molecule has 1 aromatic rings. The average Bonchev–Trinajstić information content (AvgIpc) is 2.81. The van der Waals surface area contributed by atoms with Crippen molar-refractivity contribution in [2.75, 3.05) is 5.75 Å². The van der Waals surface area contributed by atoms with Crippen LogP contribution in [0.2, 0.25) is 0 Å². The zero-order chi connectivity index (χ0) is 26.7. The lowest BCUT2D eigenvalue weighted by Gasteiger charge is -2.44. The number of carbonyl (C=O) groups is 2. The Morgan fingerprint density at radius 3 is 1.86 bits per heavy atom. The molecule has 0 saturated heterocycles. The minimum absolute atomic E-state index is 0.00200. The van der Waals surface area contributed by atoms with E-state index in [0.717, 1.165) is 62.2 Å². The molecule has 2 aliphatic carbocycles. The number of hydrogen-bond acceptors (Lipinski definition) is 6. The first-order valence-corrected chi connectivity index (χ1v) is 15.0. The molecule has 0 radical (unpaired) electrons. The van der Waals surface area contributed by atoms with Crippen LogP contribution in [0.1, 0.15) is 69.1 Å². The predicted molar refractivity (Wildman–Crippen MR) is 147 cm³/mol. The van der Waals surface area contributed by atoms with Crippen molar-refractivity contribution in [1.82, 2.24) is 0 Å². The first kappa shape index (κ1) is 28.8. The molecule has 1 N–H and O–H groups in total. The number of hydrogen-bond donors (Lipinski definition) is 1. The highest BCUT2D eigenvalue weighted by atomic mass is 32.2. The Morgan fingerprint density at radius 1 is 0.917 bits per heavy atom. The van der Waals surface area contributed by atoms with Crippen molar-refractivity contribution in [3.63, 3.8) is 0 Å². The molecule has 0 aliphatic heterocycles. The molecule has 2 aliphatic rings. The molecule has 0 spiro atoms. The predicted octanol–water partition coefficient (Wildman–Crippen LogP) is 1.03. The van der Waals surface area contributed by atoms with Crippen LogP contribution in [0, 0.1) is 23.7 Å². The lowest BCUT2D eigenvalue weighted by atomic mass is 9.61. The number of ether oxygens (including phenoxy) is 2. The van der Waals surface area contributed by atoms with Gasteiger partial charge in [-0.15, -0.1) is 0 Å². The molecule has 0 bridgehead atoms. The van der Waals surface area contributed by atoms with Gasteiger partial charge in [0.05, 0.1) is 11.8 Å². The van der Waals surface area contributed by atoms with Gasteiger partial charge in [0, 0.05) is 0 Å². The summed E-state index contributed by atoms with van der Waals surface area (Å²) in [6.07, 6.45) is 7.22. The Balaban J connectivity index is 1.78. The van der Waals surface area contributed by atoms with Crippen LogP contribution in [0.3, 0.4) is 0 Å². The van der Waals surface area contributed by atoms with Crippen molar-refractivity contribution >= 4 is 45.6 Å². The van der Waals surface area contributed by atoms with E-state index in [9.17, 15) is 22.6 Å². The molecule has 0 heterocycles. The molecule has 36 heavy (non-hydrogen) atoms. The Morgan fingerprint density at radius 2 is 1.42 bits per heavy atom. The van der Waals surface area contributed by atoms with Gasteiger partial charge in [0.15, 0.2) is 0 Å². The number of esters is 2. The molecular formula is C25H39B3O7S. The molecule has 196 valence electrons. The third-order valence-electron chi connectivity index (χ3n) is 7.88. The monoisotopic (exact) mass is 516 g/mol. The maximum Gasteiger partial charge on any atom is 0.314 e. The summed E-state index contributed by atoms with van der Waals surface area (Å²) in [5, 5.41) is 0. The van der Waals surface area contributed by atoms with Gasteiger partial charge < -0.3 is 9.47 Å². The van der Waals surface area contributed by atoms with Gasteiger partial charge in [-0.05, 0) is 62.5 Å². The fourth-order valence-corrected chi connectivity index (χ4v) is 7.21. The quantitative estimate of drug-likeness (QED) is 0.226. The summed E-state index contributed by atoms with van der Waals surface area (Å²) in [6.45, 7) is 2.97. The first-order valence-electron chi connectivity index (χ1n) is 13.4. The summed E-state index contributed by atoms with van der Waals surface area (Å²) in [6, 6.07) is 4.26. The van der Waals surface area contributed by atoms with Gasteiger partial charge in [0.2, 0.25) is 0 Å². The van der Waals surface area contributed by atoms with Crippen molar-refractivity contribution in [3.05, 3.63) is 28.8 Å². The normalized spacial score (nSPS) is 24.5. The maximum absolute atomic E-state index is 13.5. The minimum Gasteiger partial charge on any atom is -0.458 e. The zero-order valence-electron chi connectivity index (χ0n) is 22.3. The third kappa shape index (κ3) is 6.97. The Hall–Kier alpha value is -1.74. The van der Waals surface area contributed by atoms with E-state index in [1.54, 1.807) is 0 Å². The van der Waals surface area contributed by atoms with Gasteiger partial charge in [0.1, 0.15) is 40.6 Å². The highest BCUT2D eigenvalue weighted by molar-refractivity contribution is 7.85. The van der Waals surface area contributed by atoms with E-state index < -0.39 is 27.4 Å². The van der Waals surface area contributed by atoms with Crippen molar-refractivity contribution in [1.29, 1.82) is 0 Å². The molecule has 11 heteroatoms. The Bertz CT molecular complexity index is 1050. The molecule has 4 unspecified atom stereocenters. The Labute approximate surface area is 218 Å². The van der Waals surface area contributed by atoms with E-state index in [0.29, 0.717) is 12.2 Å². The van der Waals surface area contributed by atoms with Crippen LogP contribution >= 0.6 is 0 Å². The molecule has 0 aromatic heterocycles. The molecule has 2 fully saturated rings.